The smallest absolute Gasteiger partial charge is 0.0837 e. The highest BCUT2D eigenvalue weighted by atomic mass is 16.5. The quantitative estimate of drug-likeness (QED) is 0.667. The van der Waals surface area contributed by atoms with Crippen molar-refractivity contribution < 1.29 is 4.74 Å². The van der Waals surface area contributed by atoms with E-state index in [1.807, 2.05) is 0 Å². The molecule has 3 atom stereocenters. The Bertz CT molecular complexity index is 280. The van der Waals surface area contributed by atoms with Gasteiger partial charge in [-0.05, 0) is 56.9 Å². The molecule has 126 valence electrons. The van der Waals surface area contributed by atoms with Crippen LogP contribution in [0.3, 0.4) is 0 Å². The van der Waals surface area contributed by atoms with Gasteiger partial charge in [0, 0.05) is 12.6 Å². The van der Waals surface area contributed by atoms with Gasteiger partial charge in [-0.2, -0.15) is 0 Å². The molecule has 0 radical (unpaired) electrons. The fraction of sp³-hybridized carbons (Fsp3) is 1.00. The Labute approximate surface area is 133 Å². The monoisotopic (exact) mass is 297 g/mol. The molecular weight excluding hydrogens is 258 g/mol. The van der Waals surface area contributed by atoms with Gasteiger partial charge in [-0.25, -0.2) is 0 Å². The highest BCUT2D eigenvalue weighted by Crippen LogP contribution is 2.40. The zero-order valence-corrected chi connectivity index (χ0v) is 15.4. The summed E-state index contributed by atoms with van der Waals surface area (Å²) in [4.78, 5) is 0. The van der Waals surface area contributed by atoms with Crippen LogP contribution in [0.1, 0.15) is 86.5 Å². The molecule has 0 aliphatic heterocycles. The Balaban J connectivity index is 2.82. The summed E-state index contributed by atoms with van der Waals surface area (Å²) >= 11 is 0. The van der Waals surface area contributed by atoms with Crippen LogP contribution in [0.2, 0.25) is 0 Å². The Kier molecular flexibility index (Phi) is 7.70. The van der Waals surface area contributed by atoms with E-state index in [9.17, 15) is 0 Å². The van der Waals surface area contributed by atoms with Crippen LogP contribution in [0.15, 0.2) is 0 Å². The number of ether oxygens (including phenoxy) is 1. The molecule has 21 heavy (non-hydrogen) atoms. The molecule has 0 saturated heterocycles. The van der Waals surface area contributed by atoms with Crippen LogP contribution in [0, 0.1) is 11.3 Å². The second-order valence-electron chi connectivity index (χ2n) is 8.31. The molecule has 0 amide bonds. The molecule has 2 heteroatoms. The van der Waals surface area contributed by atoms with E-state index in [4.69, 9.17) is 4.74 Å². The van der Waals surface area contributed by atoms with E-state index >= 15 is 0 Å². The second-order valence-corrected chi connectivity index (χ2v) is 8.31. The molecule has 0 heterocycles. The first-order chi connectivity index (χ1) is 9.83. The molecule has 1 rings (SSSR count). The Hall–Kier alpha value is -0.0800. The van der Waals surface area contributed by atoms with Gasteiger partial charge in [0.1, 0.15) is 0 Å². The van der Waals surface area contributed by atoms with E-state index in [2.05, 4.69) is 46.9 Å². The summed E-state index contributed by atoms with van der Waals surface area (Å²) in [7, 11) is 0. The molecule has 1 N–H and O–H groups in total. The lowest BCUT2D eigenvalue weighted by Crippen LogP contribution is -2.55. The molecule has 0 aromatic carbocycles. The first-order valence-electron chi connectivity index (χ1n) is 9.20. The summed E-state index contributed by atoms with van der Waals surface area (Å²) in [5, 5.41) is 3.83. The molecule has 3 unspecified atom stereocenters. The predicted molar refractivity (Wildman–Crippen MR) is 92.8 cm³/mol. The van der Waals surface area contributed by atoms with Crippen LogP contribution in [0.5, 0.6) is 0 Å². The largest absolute Gasteiger partial charge is 0.374 e. The van der Waals surface area contributed by atoms with E-state index in [0.29, 0.717) is 11.5 Å². The van der Waals surface area contributed by atoms with Gasteiger partial charge in [0.25, 0.3) is 0 Å². The summed E-state index contributed by atoms with van der Waals surface area (Å²) in [6.07, 6.45) is 8.84. The van der Waals surface area contributed by atoms with Crippen molar-refractivity contribution in [2.75, 3.05) is 13.2 Å². The van der Waals surface area contributed by atoms with Gasteiger partial charge in [0.05, 0.1) is 5.60 Å². The van der Waals surface area contributed by atoms with Gasteiger partial charge in [-0.1, -0.05) is 47.5 Å². The van der Waals surface area contributed by atoms with Crippen molar-refractivity contribution in [3.8, 4) is 0 Å². The standard InChI is InChI=1S/C19H39NO/c1-7-14-20-17(11-13-18(4,5)6)19(21-8-2)12-9-10-16(3)15-19/h16-17,20H,7-15H2,1-6H3. The van der Waals surface area contributed by atoms with Crippen molar-refractivity contribution in [3.63, 3.8) is 0 Å². The molecule has 2 nitrogen and oxygen atoms in total. The minimum atomic E-state index is 0.0762. The maximum absolute atomic E-state index is 6.40. The van der Waals surface area contributed by atoms with Gasteiger partial charge >= 0.3 is 0 Å². The van der Waals surface area contributed by atoms with Crippen LogP contribution >= 0.6 is 0 Å². The van der Waals surface area contributed by atoms with Crippen molar-refractivity contribution in [1.29, 1.82) is 0 Å². The van der Waals surface area contributed by atoms with Gasteiger partial charge in [-0.3, -0.25) is 0 Å². The van der Waals surface area contributed by atoms with Crippen LogP contribution < -0.4 is 5.32 Å². The first kappa shape index (κ1) is 19.0. The molecular formula is C19H39NO. The fourth-order valence-electron chi connectivity index (χ4n) is 3.83. The van der Waals surface area contributed by atoms with E-state index in [1.54, 1.807) is 0 Å². The molecule has 1 aliphatic carbocycles. The summed E-state index contributed by atoms with van der Waals surface area (Å²) < 4.78 is 6.40. The summed E-state index contributed by atoms with van der Waals surface area (Å²) in [6.45, 7) is 15.8. The first-order valence-corrected chi connectivity index (χ1v) is 9.20. The fourth-order valence-corrected chi connectivity index (χ4v) is 3.83. The van der Waals surface area contributed by atoms with Crippen molar-refractivity contribution >= 4 is 0 Å². The van der Waals surface area contributed by atoms with E-state index < -0.39 is 0 Å². The van der Waals surface area contributed by atoms with Crippen molar-refractivity contribution in [2.45, 2.75) is 98.1 Å². The topological polar surface area (TPSA) is 21.3 Å². The van der Waals surface area contributed by atoms with Crippen molar-refractivity contribution in [1.82, 2.24) is 5.32 Å². The average Bonchev–Trinajstić information content (AvgIpc) is 2.37. The van der Waals surface area contributed by atoms with E-state index in [-0.39, 0.29) is 5.60 Å². The van der Waals surface area contributed by atoms with E-state index in [0.717, 1.165) is 19.1 Å². The Morgan fingerprint density at radius 3 is 2.52 bits per heavy atom. The van der Waals surface area contributed by atoms with Crippen LogP contribution in [0.4, 0.5) is 0 Å². The normalized spacial score (nSPS) is 28.6. The molecule has 0 aromatic heterocycles. The number of hydrogen-bond donors (Lipinski definition) is 1. The molecule has 0 bridgehead atoms. The zero-order chi connectivity index (χ0) is 15.9. The maximum Gasteiger partial charge on any atom is 0.0837 e. The minimum Gasteiger partial charge on any atom is -0.374 e. The van der Waals surface area contributed by atoms with Crippen molar-refractivity contribution in [2.24, 2.45) is 11.3 Å². The summed E-state index contributed by atoms with van der Waals surface area (Å²) in [6, 6.07) is 0.513. The summed E-state index contributed by atoms with van der Waals surface area (Å²) in [5.74, 6) is 0.797. The third-order valence-corrected chi connectivity index (χ3v) is 4.88. The maximum atomic E-state index is 6.40. The molecule has 1 aliphatic rings. The van der Waals surface area contributed by atoms with Gasteiger partial charge < -0.3 is 10.1 Å². The highest BCUT2D eigenvalue weighted by Gasteiger charge is 2.42. The Morgan fingerprint density at radius 1 is 1.29 bits per heavy atom. The molecule has 0 aromatic rings. The number of rotatable bonds is 8. The predicted octanol–water partition coefficient (Wildman–Crippen LogP) is 5.17. The number of hydrogen-bond acceptors (Lipinski definition) is 2. The van der Waals surface area contributed by atoms with Crippen LogP contribution in [-0.4, -0.2) is 24.8 Å². The van der Waals surface area contributed by atoms with Crippen LogP contribution in [-0.2, 0) is 4.74 Å². The molecule has 1 fully saturated rings. The van der Waals surface area contributed by atoms with E-state index in [1.165, 1.54) is 44.9 Å². The minimum absolute atomic E-state index is 0.0762. The highest BCUT2D eigenvalue weighted by molar-refractivity contribution is 4.97. The van der Waals surface area contributed by atoms with Gasteiger partial charge in [-0.15, -0.1) is 0 Å². The van der Waals surface area contributed by atoms with Crippen LogP contribution in [0.25, 0.3) is 0 Å². The average molecular weight is 298 g/mol. The van der Waals surface area contributed by atoms with Gasteiger partial charge in [0.2, 0.25) is 0 Å². The SMILES string of the molecule is CCCNC(CCC(C)(C)C)C1(OCC)CCCC(C)C1. The third kappa shape index (κ3) is 6.28. The van der Waals surface area contributed by atoms with Gasteiger partial charge in [0.15, 0.2) is 0 Å². The molecule has 1 saturated carbocycles. The lowest BCUT2D eigenvalue weighted by molar-refractivity contribution is -0.103. The zero-order valence-electron chi connectivity index (χ0n) is 15.4. The number of nitrogens with one attached hydrogen (secondary N) is 1. The third-order valence-electron chi connectivity index (χ3n) is 4.88. The second kappa shape index (κ2) is 8.53. The Morgan fingerprint density at radius 2 is 2.00 bits per heavy atom. The van der Waals surface area contributed by atoms with Crippen molar-refractivity contribution in [3.05, 3.63) is 0 Å². The molecule has 0 spiro atoms. The lowest BCUT2D eigenvalue weighted by Gasteiger charge is -2.46. The summed E-state index contributed by atoms with van der Waals surface area (Å²) in [5.41, 5.74) is 0.479. The lowest BCUT2D eigenvalue weighted by atomic mass is 9.72.